The molecular formula is C24H20ClF4N5O4. The van der Waals surface area contributed by atoms with Crippen molar-refractivity contribution in [1.29, 1.82) is 0 Å². The van der Waals surface area contributed by atoms with E-state index >= 15 is 0 Å². The number of rotatable bonds is 6. The molecule has 1 aromatic carbocycles. The number of nitrogens with one attached hydrogen (secondary N) is 2. The van der Waals surface area contributed by atoms with E-state index in [-0.39, 0.29) is 52.2 Å². The molecule has 5 rings (SSSR count). The molecule has 2 aromatic heterocycles. The lowest BCUT2D eigenvalue weighted by atomic mass is 9.99. The number of hydrogen-bond acceptors (Lipinski definition) is 6. The number of carbonyl (C=O) groups is 1. The predicted octanol–water partition coefficient (Wildman–Crippen LogP) is 4.77. The van der Waals surface area contributed by atoms with Crippen molar-refractivity contribution in [2.24, 2.45) is 0 Å². The highest BCUT2D eigenvalue weighted by atomic mass is 35.5. The van der Waals surface area contributed by atoms with Crippen LogP contribution >= 0.6 is 11.6 Å². The average Bonchev–Trinajstić information content (AvgIpc) is 3.19. The van der Waals surface area contributed by atoms with E-state index < -0.39 is 24.6 Å². The summed E-state index contributed by atoms with van der Waals surface area (Å²) in [5.74, 6) is -0.764. The second-order valence-corrected chi connectivity index (χ2v) is 9.29. The lowest BCUT2D eigenvalue weighted by Gasteiger charge is -2.35. The summed E-state index contributed by atoms with van der Waals surface area (Å²) in [5, 5.41) is 9.23. The van der Waals surface area contributed by atoms with E-state index in [9.17, 15) is 27.2 Å². The molecule has 14 heteroatoms. The third-order valence-corrected chi connectivity index (χ3v) is 6.65. The van der Waals surface area contributed by atoms with Gasteiger partial charge in [-0.3, -0.25) is 4.79 Å². The van der Waals surface area contributed by atoms with Gasteiger partial charge in [-0.25, -0.2) is 19.3 Å². The molecule has 3 aromatic rings. The highest BCUT2D eigenvalue weighted by Gasteiger charge is 2.44. The average molecular weight is 554 g/mol. The van der Waals surface area contributed by atoms with Crippen molar-refractivity contribution < 1.29 is 31.8 Å². The van der Waals surface area contributed by atoms with Crippen LogP contribution in [0.3, 0.4) is 0 Å². The fourth-order valence-corrected chi connectivity index (χ4v) is 4.86. The molecule has 2 amide bonds. The van der Waals surface area contributed by atoms with Gasteiger partial charge in [-0.05, 0) is 43.0 Å². The normalized spacial score (nSPS) is 18.2. The first-order valence-electron chi connectivity index (χ1n) is 11.5. The maximum Gasteiger partial charge on any atom is 0.422 e. The molecule has 4 heterocycles. The number of pyridine rings is 1. The quantitative estimate of drug-likeness (QED) is 0.426. The van der Waals surface area contributed by atoms with Crippen molar-refractivity contribution in [3.8, 4) is 11.6 Å². The highest BCUT2D eigenvalue weighted by molar-refractivity contribution is 6.31. The van der Waals surface area contributed by atoms with Gasteiger partial charge in [-0.2, -0.15) is 18.3 Å². The van der Waals surface area contributed by atoms with Gasteiger partial charge in [-0.15, -0.1) is 0 Å². The summed E-state index contributed by atoms with van der Waals surface area (Å²) in [6.07, 6.45) is -1.52. The van der Waals surface area contributed by atoms with E-state index in [1.807, 2.05) is 0 Å². The predicted molar refractivity (Wildman–Crippen MR) is 127 cm³/mol. The van der Waals surface area contributed by atoms with E-state index in [4.69, 9.17) is 16.3 Å². The summed E-state index contributed by atoms with van der Waals surface area (Å²) in [4.78, 5) is 30.2. The SMILES string of the molecule is O=C(Nc1cc(Cl)c(COc2ccc(OCC(F)(F)F)cn2)cc1F)N1[C@H]2CC[C@@H]1c1n[nH]c(=O)cc1C2. The fraction of sp³-hybridized carbons (Fsp3) is 0.333. The van der Waals surface area contributed by atoms with Crippen LogP contribution in [0.25, 0.3) is 0 Å². The molecule has 9 nitrogen and oxygen atoms in total. The fourth-order valence-electron chi connectivity index (χ4n) is 4.65. The summed E-state index contributed by atoms with van der Waals surface area (Å²) in [6.45, 7) is -1.63. The molecule has 2 aliphatic rings. The van der Waals surface area contributed by atoms with Gasteiger partial charge in [0.2, 0.25) is 5.88 Å². The van der Waals surface area contributed by atoms with Crippen LogP contribution in [0.2, 0.25) is 5.02 Å². The van der Waals surface area contributed by atoms with Crippen LogP contribution in [0.5, 0.6) is 11.6 Å². The molecule has 200 valence electrons. The minimum absolute atomic E-state index is 0.0639. The Morgan fingerprint density at radius 2 is 2.03 bits per heavy atom. The van der Waals surface area contributed by atoms with Crippen molar-refractivity contribution in [1.82, 2.24) is 20.1 Å². The molecule has 0 unspecified atom stereocenters. The number of alkyl halides is 3. The van der Waals surface area contributed by atoms with Gasteiger partial charge in [-0.1, -0.05) is 11.6 Å². The minimum atomic E-state index is -4.47. The molecular weight excluding hydrogens is 534 g/mol. The van der Waals surface area contributed by atoms with Gasteiger partial charge in [0.25, 0.3) is 5.56 Å². The Balaban J connectivity index is 1.22. The van der Waals surface area contributed by atoms with Crippen molar-refractivity contribution in [3.05, 3.63) is 74.5 Å². The molecule has 0 saturated carbocycles. The van der Waals surface area contributed by atoms with Gasteiger partial charge < -0.3 is 19.7 Å². The second-order valence-electron chi connectivity index (χ2n) is 8.88. The summed E-state index contributed by atoms with van der Waals surface area (Å²) in [7, 11) is 0. The Labute approximate surface area is 217 Å². The third-order valence-electron chi connectivity index (χ3n) is 6.29. The molecule has 2 atom stereocenters. The Morgan fingerprint density at radius 1 is 1.21 bits per heavy atom. The number of hydrogen-bond donors (Lipinski definition) is 2. The zero-order valence-corrected chi connectivity index (χ0v) is 20.3. The van der Waals surface area contributed by atoms with Crippen molar-refractivity contribution in [2.75, 3.05) is 11.9 Å². The number of nitrogens with zero attached hydrogens (tertiary/aromatic N) is 3. The summed E-state index contributed by atoms with van der Waals surface area (Å²) in [6, 6.07) is 5.47. The van der Waals surface area contributed by atoms with Crippen LogP contribution in [0.15, 0.2) is 41.3 Å². The first kappa shape index (κ1) is 25.8. The number of aromatic amines is 1. The van der Waals surface area contributed by atoms with Crippen molar-refractivity contribution >= 4 is 23.3 Å². The number of anilines is 1. The minimum Gasteiger partial charge on any atom is -0.483 e. The molecule has 38 heavy (non-hydrogen) atoms. The van der Waals surface area contributed by atoms with Gasteiger partial charge >= 0.3 is 12.2 Å². The number of amides is 2. The smallest absolute Gasteiger partial charge is 0.422 e. The largest absolute Gasteiger partial charge is 0.483 e. The maximum atomic E-state index is 14.9. The number of fused-ring (bicyclic) bond motifs is 4. The van der Waals surface area contributed by atoms with Crippen LogP contribution in [0.1, 0.15) is 35.7 Å². The highest BCUT2D eigenvalue weighted by Crippen LogP contribution is 2.42. The van der Waals surface area contributed by atoms with Crippen LogP contribution in [-0.4, -0.2) is 44.9 Å². The molecule has 2 N–H and O–H groups in total. The van der Waals surface area contributed by atoms with Crippen LogP contribution < -0.4 is 20.3 Å². The molecule has 0 spiro atoms. The van der Waals surface area contributed by atoms with E-state index in [0.29, 0.717) is 18.5 Å². The van der Waals surface area contributed by atoms with E-state index in [2.05, 4.69) is 25.2 Å². The van der Waals surface area contributed by atoms with E-state index in [0.717, 1.165) is 24.2 Å². The van der Waals surface area contributed by atoms with Crippen molar-refractivity contribution in [3.63, 3.8) is 0 Å². The lowest BCUT2D eigenvalue weighted by molar-refractivity contribution is -0.153. The zero-order chi connectivity index (χ0) is 27.0. The topological polar surface area (TPSA) is 109 Å². The number of benzene rings is 1. The molecule has 1 fully saturated rings. The van der Waals surface area contributed by atoms with E-state index in [1.165, 1.54) is 24.3 Å². The molecule has 0 radical (unpaired) electrons. The number of ether oxygens (including phenoxy) is 2. The number of carbonyl (C=O) groups excluding carboxylic acids is 1. The third kappa shape index (κ3) is 5.52. The molecule has 2 bridgehead atoms. The summed E-state index contributed by atoms with van der Waals surface area (Å²) < 4.78 is 61.7. The van der Waals surface area contributed by atoms with Crippen LogP contribution in [0.4, 0.5) is 28.0 Å². The monoisotopic (exact) mass is 553 g/mol. The number of aromatic nitrogens is 3. The first-order chi connectivity index (χ1) is 18.1. The van der Waals surface area contributed by atoms with Gasteiger partial charge in [0, 0.05) is 28.8 Å². The van der Waals surface area contributed by atoms with E-state index in [1.54, 1.807) is 4.90 Å². The molecule has 2 aliphatic heterocycles. The Hall–Kier alpha value is -3.87. The van der Waals surface area contributed by atoms with Gasteiger partial charge in [0.05, 0.1) is 23.6 Å². The number of H-pyrrole nitrogens is 1. The summed E-state index contributed by atoms with van der Waals surface area (Å²) >= 11 is 6.30. The Bertz CT molecular complexity index is 1420. The zero-order valence-electron chi connectivity index (χ0n) is 19.5. The first-order valence-corrected chi connectivity index (χ1v) is 11.9. The second kappa shape index (κ2) is 10.1. The number of urea groups is 1. The molecule has 0 aliphatic carbocycles. The maximum absolute atomic E-state index is 14.9. The van der Waals surface area contributed by atoms with Crippen molar-refractivity contribution in [2.45, 2.75) is 44.1 Å². The Morgan fingerprint density at radius 3 is 2.76 bits per heavy atom. The Kier molecular flexibility index (Phi) is 6.86. The molecule has 1 saturated heterocycles. The van der Waals surface area contributed by atoms with Crippen LogP contribution in [0, 0.1) is 5.82 Å². The van der Waals surface area contributed by atoms with Gasteiger partial charge in [0.1, 0.15) is 18.2 Å². The lowest BCUT2D eigenvalue weighted by Crippen LogP contribution is -2.45. The van der Waals surface area contributed by atoms with Gasteiger partial charge in [0.15, 0.2) is 6.61 Å². The van der Waals surface area contributed by atoms with Crippen LogP contribution in [-0.2, 0) is 13.0 Å². The standard InChI is InChI=1S/C24H20ClF4N5O4/c25-16-8-18(31-23(36)34-14-1-3-19(34)22-12(5-14)7-20(35)32-33-22)17(26)6-13(16)10-37-21-4-2-15(9-30-21)38-11-24(27,28)29/h2,4,6-9,14,19H,1,3,5,10-11H2,(H,31,36)(H,32,35)/t14-,19+/m0/s1. The number of halogens is 5. The summed E-state index contributed by atoms with van der Waals surface area (Å²) in [5.41, 5.74) is 1.29.